The molecule has 3 heterocycles. The maximum Gasteiger partial charge on any atom is 0.121 e. The smallest absolute Gasteiger partial charge is 0.121 e. The molecule has 1 radical (unpaired) electrons. The molecular weight excluding hydrogens is 801 g/mol. The molecule has 0 aliphatic rings. The van der Waals surface area contributed by atoms with E-state index < -0.39 is 19.2 Å². The van der Waals surface area contributed by atoms with Crippen LogP contribution in [0.4, 0.5) is 0 Å². The van der Waals surface area contributed by atoms with E-state index in [1.807, 2.05) is 74.5 Å². The molecule has 0 spiro atoms. The van der Waals surface area contributed by atoms with Crippen molar-refractivity contribution in [2.75, 3.05) is 0 Å². The summed E-state index contributed by atoms with van der Waals surface area (Å²) in [6, 6.07) is 41.2. The predicted octanol–water partition coefficient (Wildman–Crippen LogP) is 10.6. The van der Waals surface area contributed by atoms with E-state index in [-0.39, 0.29) is 20.1 Å². The molecule has 0 saturated heterocycles. The number of furan rings is 1. The maximum atomic E-state index is 8.30. The quantitative estimate of drug-likeness (QED) is 0.128. The van der Waals surface area contributed by atoms with Gasteiger partial charge in [-0.15, -0.1) is 23.8 Å². The molecule has 0 saturated carbocycles. The van der Waals surface area contributed by atoms with Crippen LogP contribution in [0, 0.1) is 19.1 Å². The average Bonchev–Trinajstić information content (AvgIpc) is 3.42. The van der Waals surface area contributed by atoms with Crippen LogP contribution in [0.25, 0.3) is 55.6 Å². The van der Waals surface area contributed by atoms with Crippen molar-refractivity contribution in [3.05, 3.63) is 139 Å². The second-order valence-corrected chi connectivity index (χ2v) is 23.2. The molecule has 4 aromatic carbocycles. The first-order chi connectivity index (χ1) is 22.0. The zero-order valence-electron chi connectivity index (χ0n) is 28.1. The van der Waals surface area contributed by atoms with E-state index in [2.05, 4.69) is 95.0 Å². The van der Waals surface area contributed by atoms with Crippen molar-refractivity contribution in [3.8, 4) is 33.6 Å². The van der Waals surface area contributed by atoms with Crippen LogP contribution in [-0.4, -0.2) is 23.2 Å². The van der Waals surface area contributed by atoms with Gasteiger partial charge in [0, 0.05) is 33.1 Å². The number of nitrogens with zero attached hydrogens (tertiary/aromatic N) is 2. The van der Waals surface area contributed by atoms with Crippen LogP contribution in [-0.2, 0) is 20.1 Å². The van der Waals surface area contributed by atoms with Crippen molar-refractivity contribution >= 4 is 39.6 Å². The van der Waals surface area contributed by atoms with Crippen LogP contribution < -0.4 is 4.40 Å². The van der Waals surface area contributed by atoms with Crippen molar-refractivity contribution < 1.29 is 25.9 Å². The van der Waals surface area contributed by atoms with E-state index in [0.717, 1.165) is 55.6 Å². The molecule has 46 heavy (non-hydrogen) atoms. The largest absolute Gasteiger partial charge is 0.500 e. The van der Waals surface area contributed by atoms with Gasteiger partial charge in [-0.25, -0.2) is 0 Å². The molecule has 0 atom stereocenters. The number of aryl methyl sites for hydroxylation is 1. The number of rotatable bonds is 5. The van der Waals surface area contributed by atoms with Crippen LogP contribution in [0.3, 0.4) is 0 Å². The minimum absolute atomic E-state index is 0. The molecule has 0 N–H and O–H groups in total. The van der Waals surface area contributed by atoms with Crippen LogP contribution in [0.2, 0.25) is 17.3 Å². The van der Waals surface area contributed by atoms with Crippen LogP contribution in [0.1, 0.15) is 32.2 Å². The summed E-state index contributed by atoms with van der Waals surface area (Å²) in [6.07, 6.45) is 3.84. The van der Waals surface area contributed by atoms with E-state index in [4.69, 9.17) is 5.79 Å². The Kier molecular flexibility index (Phi) is 9.98. The molecule has 0 unspecified atom stereocenters. The Morgan fingerprint density at radius 3 is 2.17 bits per heavy atom. The Bertz CT molecular complexity index is 2130. The third-order valence-electron chi connectivity index (χ3n) is 8.03. The Labute approximate surface area is 290 Å². The van der Waals surface area contributed by atoms with Crippen molar-refractivity contribution in [2.45, 2.75) is 43.9 Å². The normalized spacial score (nSPS) is 11.8. The fourth-order valence-corrected chi connectivity index (χ4v) is 9.19. The van der Waals surface area contributed by atoms with Gasteiger partial charge in [-0.3, -0.25) is 0 Å². The molecule has 0 bridgehead atoms. The van der Waals surface area contributed by atoms with Crippen molar-refractivity contribution in [2.24, 2.45) is 0 Å². The van der Waals surface area contributed by atoms with Gasteiger partial charge < -0.3 is 9.40 Å². The van der Waals surface area contributed by atoms with Gasteiger partial charge in [-0.2, -0.15) is 0 Å². The molecule has 0 amide bonds. The molecule has 7 aromatic rings. The number of hydrogen-bond donors (Lipinski definition) is 0. The van der Waals surface area contributed by atoms with Crippen molar-refractivity contribution in [3.63, 3.8) is 0 Å². The van der Waals surface area contributed by atoms with Gasteiger partial charge in [-0.1, -0.05) is 67.3 Å². The zero-order chi connectivity index (χ0) is 32.5. The first-order valence-electron chi connectivity index (χ1n) is 15.8. The second-order valence-electron chi connectivity index (χ2n) is 12.6. The molecule has 7 rings (SSSR count). The van der Waals surface area contributed by atoms with E-state index in [1.54, 1.807) is 6.20 Å². The van der Waals surface area contributed by atoms with Gasteiger partial charge in [0.1, 0.15) is 5.58 Å². The minimum atomic E-state index is -1.77. The van der Waals surface area contributed by atoms with Crippen molar-refractivity contribution in [1.29, 1.82) is 0 Å². The standard InChI is InChI=1S/C26H20NO.C15H18GeN.Ir/c1-17(2)19-12-13-27-24(16-19)21-9-11-26-23(15-21)22-14-20(8-10-25(22)28-26)18-6-4-3-5-7-18;1-12-10-15(13-8-6-5-7-9-13)17-11-14(12)16(2,3)4;/h3-8,10-17H,1-2H3;5-8,10-11H,1-4H3;/q2*-1;/i17D;;. The average molecular weight is 841 g/mol. The summed E-state index contributed by atoms with van der Waals surface area (Å²) >= 11 is -1.77. The first-order valence-corrected chi connectivity index (χ1v) is 22.7. The number of hydrogen-bond acceptors (Lipinski definition) is 3. The summed E-state index contributed by atoms with van der Waals surface area (Å²) in [4.78, 5) is 9.11. The van der Waals surface area contributed by atoms with E-state index in [1.165, 1.54) is 15.5 Å². The molecule has 0 aliphatic heterocycles. The van der Waals surface area contributed by atoms with Crippen LogP contribution >= 0.6 is 0 Å². The van der Waals surface area contributed by atoms with Gasteiger partial charge >= 0.3 is 106 Å². The van der Waals surface area contributed by atoms with Crippen LogP contribution in [0.15, 0.2) is 120 Å². The molecule has 0 aliphatic carbocycles. The third kappa shape index (κ3) is 7.42. The molecule has 5 heteroatoms. The fraction of sp³-hybridized carbons (Fsp3) is 0.171. The minimum Gasteiger partial charge on any atom is -0.500 e. The summed E-state index contributed by atoms with van der Waals surface area (Å²) in [5.41, 5.74) is 10.1. The van der Waals surface area contributed by atoms with Crippen molar-refractivity contribution in [1.82, 2.24) is 9.97 Å². The summed E-state index contributed by atoms with van der Waals surface area (Å²) in [7, 11) is 0. The van der Waals surface area contributed by atoms with Gasteiger partial charge in [0.2, 0.25) is 0 Å². The van der Waals surface area contributed by atoms with Gasteiger partial charge in [-0.05, 0) is 40.9 Å². The van der Waals surface area contributed by atoms with Crippen LogP contribution in [0.5, 0.6) is 0 Å². The number of aromatic nitrogens is 2. The maximum absolute atomic E-state index is 8.30. The van der Waals surface area contributed by atoms with E-state index in [9.17, 15) is 0 Å². The molecule has 0 fully saturated rings. The Morgan fingerprint density at radius 1 is 0.739 bits per heavy atom. The molecule has 3 aromatic heterocycles. The Balaban J connectivity index is 0.000000207. The van der Waals surface area contributed by atoms with Gasteiger partial charge in [0.15, 0.2) is 0 Å². The fourth-order valence-electron chi connectivity index (χ4n) is 5.61. The van der Waals surface area contributed by atoms with E-state index >= 15 is 0 Å². The first kappa shape index (κ1) is 32.1. The molecular formula is C41H38GeIrN2O-2. The monoisotopic (exact) mass is 842 g/mol. The number of fused-ring (bicyclic) bond motifs is 3. The van der Waals surface area contributed by atoms with Gasteiger partial charge in [0.05, 0.1) is 5.58 Å². The summed E-state index contributed by atoms with van der Waals surface area (Å²) in [5.74, 6) is 6.53. The second kappa shape index (κ2) is 14.3. The third-order valence-corrected chi connectivity index (χ3v) is 12.5. The summed E-state index contributed by atoms with van der Waals surface area (Å²) < 4.78 is 15.8. The molecule has 233 valence electrons. The number of benzene rings is 4. The predicted molar refractivity (Wildman–Crippen MR) is 192 cm³/mol. The number of pyridine rings is 2. The molecule has 3 nitrogen and oxygen atoms in total. The topological polar surface area (TPSA) is 38.9 Å². The Morgan fingerprint density at radius 2 is 1.48 bits per heavy atom. The van der Waals surface area contributed by atoms with Gasteiger partial charge in [0.25, 0.3) is 0 Å². The van der Waals surface area contributed by atoms with E-state index in [0.29, 0.717) is 0 Å². The Hall–Kier alpha value is -3.83. The summed E-state index contributed by atoms with van der Waals surface area (Å²) in [6.45, 7) is 5.96. The zero-order valence-corrected chi connectivity index (χ0v) is 31.6. The summed E-state index contributed by atoms with van der Waals surface area (Å²) in [5, 5.41) is 2.12. The SMILES string of the molecule is Cc1cc(-c2[c-]cccc2)nc[c]1[Ge]([CH3])([CH3])[CH3].[2H]C(C)(C)c1ccnc(-c2[c-]cc3oc4ccc(-c5ccccc5)cc4c3c2)c1.[Ir].